The number of ether oxygens (including phenoxy) is 2. The standard InChI is InChI=1S/C24H20BrFN2O5/c1-32-21-11-17(13-27-28-22(29)12-15-5-7-19(26)8-6-15)10-20(25)23(21)33-14-16-3-2-4-18(9-16)24(30)31/h2-11,13H,12,14H2,1H3,(H,28,29)(H,30,31)/b27-13+. The highest BCUT2D eigenvalue weighted by Gasteiger charge is 2.12. The van der Waals surface area contributed by atoms with Gasteiger partial charge >= 0.3 is 5.97 Å². The van der Waals surface area contributed by atoms with Gasteiger partial charge in [-0.3, -0.25) is 4.79 Å². The van der Waals surface area contributed by atoms with Crippen molar-refractivity contribution < 1.29 is 28.6 Å². The summed E-state index contributed by atoms with van der Waals surface area (Å²) in [7, 11) is 1.49. The number of methoxy groups -OCH3 is 1. The van der Waals surface area contributed by atoms with Crippen molar-refractivity contribution in [2.45, 2.75) is 13.0 Å². The van der Waals surface area contributed by atoms with Gasteiger partial charge in [0.1, 0.15) is 12.4 Å². The monoisotopic (exact) mass is 514 g/mol. The summed E-state index contributed by atoms with van der Waals surface area (Å²) in [6.07, 6.45) is 1.52. The SMILES string of the molecule is COc1cc(/C=N/NC(=O)Cc2ccc(F)cc2)cc(Br)c1OCc1cccc(C(=O)O)c1. The van der Waals surface area contributed by atoms with E-state index < -0.39 is 5.97 Å². The summed E-state index contributed by atoms with van der Waals surface area (Å²) >= 11 is 3.44. The number of carbonyl (C=O) groups excluding carboxylic acids is 1. The average molecular weight is 515 g/mol. The van der Waals surface area contributed by atoms with Crippen molar-refractivity contribution in [3.8, 4) is 11.5 Å². The molecule has 0 saturated carbocycles. The lowest BCUT2D eigenvalue weighted by molar-refractivity contribution is -0.120. The highest BCUT2D eigenvalue weighted by molar-refractivity contribution is 9.10. The summed E-state index contributed by atoms with van der Waals surface area (Å²) in [5.74, 6) is -0.845. The van der Waals surface area contributed by atoms with Crippen LogP contribution in [0.1, 0.15) is 27.0 Å². The molecule has 2 N–H and O–H groups in total. The molecule has 0 radical (unpaired) electrons. The van der Waals surface area contributed by atoms with Crippen LogP contribution in [0.25, 0.3) is 0 Å². The lowest BCUT2D eigenvalue weighted by Gasteiger charge is -2.14. The van der Waals surface area contributed by atoms with Gasteiger partial charge in [0, 0.05) is 0 Å². The van der Waals surface area contributed by atoms with Crippen molar-refractivity contribution >= 4 is 34.0 Å². The Balaban J connectivity index is 1.64. The van der Waals surface area contributed by atoms with E-state index >= 15 is 0 Å². The van der Waals surface area contributed by atoms with E-state index in [1.807, 2.05) is 0 Å². The number of carbonyl (C=O) groups is 2. The third kappa shape index (κ3) is 6.88. The second-order valence-corrected chi connectivity index (χ2v) is 7.78. The molecule has 3 aromatic carbocycles. The molecule has 0 aliphatic carbocycles. The number of nitrogens with zero attached hydrogens (tertiary/aromatic N) is 1. The van der Waals surface area contributed by atoms with Crippen molar-refractivity contribution in [1.82, 2.24) is 5.43 Å². The van der Waals surface area contributed by atoms with Crippen molar-refractivity contribution in [3.05, 3.63) is 93.2 Å². The van der Waals surface area contributed by atoms with Crippen LogP contribution in [0.2, 0.25) is 0 Å². The molecule has 0 bridgehead atoms. The number of hydrazone groups is 1. The van der Waals surface area contributed by atoms with Gasteiger partial charge in [0.25, 0.3) is 0 Å². The third-order valence-electron chi connectivity index (χ3n) is 4.49. The second-order valence-electron chi connectivity index (χ2n) is 6.92. The molecule has 0 fully saturated rings. The number of hydrogen-bond donors (Lipinski definition) is 2. The first-order chi connectivity index (χ1) is 15.9. The average Bonchev–Trinajstić information content (AvgIpc) is 2.79. The van der Waals surface area contributed by atoms with Crippen LogP contribution in [-0.2, 0) is 17.8 Å². The Hall–Kier alpha value is -3.72. The van der Waals surface area contributed by atoms with E-state index in [0.29, 0.717) is 32.7 Å². The molecule has 170 valence electrons. The molecule has 33 heavy (non-hydrogen) atoms. The Kier molecular flexibility index (Phi) is 8.15. The molecule has 0 aliphatic rings. The van der Waals surface area contributed by atoms with Crippen LogP contribution < -0.4 is 14.9 Å². The van der Waals surface area contributed by atoms with Crippen LogP contribution in [-0.4, -0.2) is 30.3 Å². The minimum atomic E-state index is -1.01. The maximum atomic E-state index is 12.9. The molecule has 7 nitrogen and oxygen atoms in total. The van der Waals surface area contributed by atoms with Crippen LogP contribution in [0, 0.1) is 5.82 Å². The van der Waals surface area contributed by atoms with E-state index in [1.54, 1.807) is 30.3 Å². The number of amides is 1. The summed E-state index contributed by atoms with van der Waals surface area (Å²) in [5.41, 5.74) is 4.61. The van der Waals surface area contributed by atoms with Crippen molar-refractivity contribution in [3.63, 3.8) is 0 Å². The zero-order chi connectivity index (χ0) is 23.8. The zero-order valence-corrected chi connectivity index (χ0v) is 19.1. The smallest absolute Gasteiger partial charge is 0.335 e. The molecule has 0 heterocycles. The summed E-state index contributed by atoms with van der Waals surface area (Å²) in [6.45, 7) is 0.142. The first-order valence-electron chi connectivity index (χ1n) is 9.74. The second kappa shape index (κ2) is 11.2. The number of hydrogen-bond acceptors (Lipinski definition) is 5. The number of benzene rings is 3. The van der Waals surface area contributed by atoms with Crippen molar-refractivity contribution in [1.29, 1.82) is 0 Å². The lowest BCUT2D eigenvalue weighted by Crippen LogP contribution is -2.19. The van der Waals surface area contributed by atoms with Gasteiger partial charge in [-0.15, -0.1) is 0 Å². The maximum Gasteiger partial charge on any atom is 0.335 e. The summed E-state index contributed by atoms with van der Waals surface area (Å²) < 4.78 is 24.8. The number of carboxylic acids is 1. The van der Waals surface area contributed by atoms with Crippen LogP contribution >= 0.6 is 15.9 Å². The minimum absolute atomic E-state index is 0.0699. The molecule has 0 unspecified atom stereocenters. The molecule has 9 heteroatoms. The summed E-state index contributed by atoms with van der Waals surface area (Å²) in [6, 6.07) is 15.6. The van der Waals surface area contributed by atoms with Crippen LogP contribution in [0.3, 0.4) is 0 Å². The molecular weight excluding hydrogens is 495 g/mol. The molecule has 1 amide bonds. The number of nitrogens with one attached hydrogen (secondary N) is 1. The van der Waals surface area contributed by atoms with E-state index in [-0.39, 0.29) is 30.3 Å². The molecular formula is C24H20BrFN2O5. The van der Waals surface area contributed by atoms with Gasteiger partial charge in [-0.25, -0.2) is 14.6 Å². The van der Waals surface area contributed by atoms with Gasteiger partial charge < -0.3 is 14.6 Å². The van der Waals surface area contributed by atoms with Gasteiger partial charge in [-0.2, -0.15) is 5.10 Å². The Morgan fingerprint density at radius 1 is 1.12 bits per heavy atom. The van der Waals surface area contributed by atoms with E-state index in [0.717, 1.165) is 0 Å². The van der Waals surface area contributed by atoms with E-state index in [4.69, 9.17) is 14.6 Å². The van der Waals surface area contributed by atoms with E-state index in [9.17, 15) is 14.0 Å². The number of carboxylic acid groups (broad SMARTS) is 1. The first-order valence-corrected chi connectivity index (χ1v) is 10.5. The molecule has 0 aromatic heterocycles. The number of halogens is 2. The third-order valence-corrected chi connectivity index (χ3v) is 5.08. The van der Waals surface area contributed by atoms with E-state index in [2.05, 4.69) is 26.5 Å². The quantitative estimate of drug-likeness (QED) is 0.322. The Labute approximate surface area is 198 Å². The van der Waals surface area contributed by atoms with Crippen LogP contribution in [0.5, 0.6) is 11.5 Å². The Morgan fingerprint density at radius 2 is 1.88 bits per heavy atom. The fraction of sp³-hybridized carbons (Fsp3) is 0.125. The Bertz CT molecular complexity index is 1180. The Morgan fingerprint density at radius 3 is 2.58 bits per heavy atom. The van der Waals surface area contributed by atoms with Crippen molar-refractivity contribution in [2.24, 2.45) is 5.10 Å². The molecule has 3 rings (SSSR count). The molecule has 0 spiro atoms. The predicted octanol–water partition coefficient (Wildman–Crippen LogP) is 4.57. The lowest BCUT2D eigenvalue weighted by atomic mass is 10.1. The number of aromatic carboxylic acids is 1. The number of rotatable bonds is 9. The van der Waals surface area contributed by atoms with Crippen LogP contribution in [0.15, 0.2) is 70.2 Å². The molecule has 0 saturated heterocycles. The first kappa shape index (κ1) is 23.9. The van der Waals surface area contributed by atoms with Gasteiger partial charge in [-0.05, 0) is 69.0 Å². The van der Waals surface area contributed by atoms with Crippen LogP contribution in [0.4, 0.5) is 4.39 Å². The minimum Gasteiger partial charge on any atom is -0.493 e. The maximum absolute atomic E-state index is 12.9. The van der Waals surface area contributed by atoms with Gasteiger partial charge in [0.15, 0.2) is 11.5 Å². The van der Waals surface area contributed by atoms with Gasteiger partial charge in [0.2, 0.25) is 5.91 Å². The van der Waals surface area contributed by atoms with E-state index in [1.165, 1.54) is 43.7 Å². The molecule has 0 atom stereocenters. The highest BCUT2D eigenvalue weighted by Crippen LogP contribution is 2.36. The normalized spacial score (nSPS) is 10.8. The fourth-order valence-electron chi connectivity index (χ4n) is 2.91. The summed E-state index contributed by atoms with van der Waals surface area (Å²) in [4.78, 5) is 23.1. The predicted molar refractivity (Wildman–Crippen MR) is 124 cm³/mol. The molecule has 0 aliphatic heterocycles. The van der Waals surface area contributed by atoms with Crippen molar-refractivity contribution in [2.75, 3.05) is 7.11 Å². The van der Waals surface area contributed by atoms with Gasteiger partial charge in [0.05, 0.1) is 29.8 Å². The largest absolute Gasteiger partial charge is 0.493 e. The topological polar surface area (TPSA) is 97.2 Å². The molecule has 3 aromatic rings. The highest BCUT2D eigenvalue weighted by atomic mass is 79.9. The van der Waals surface area contributed by atoms with Gasteiger partial charge in [-0.1, -0.05) is 24.3 Å². The fourth-order valence-corrected chi connectivity index (χ4v) is 3.48. The summed E-state index contributed by atoms with van der Waals surface area (Å²) in [5, 5.41) is 13.1. The zero-order valence-electron chi connectivity index (χ0n) is 17.5.